The molecule has 9 nitrogen and oxygen atoms in total. The number of sulfonamides is 1. The van der Waals surface area contributed by atoms with Gasteiger partial charge in [-0.2, -0.15) is 14.4 Å². The van der Waals surface area contributed by atoms with Crippen molar-refractivity contribution in [3.63, 3.8) is 0 Å². The third-order valence-corrected chi connectivity index (χ3v) is 7.12. The van der Waals surface area contributed by atoms with Crippen LogP contribution in [0.1, 0.15) is 17.0 Å². The lowest BCUT2D eigenvalue weighted by Crippen LogP contribution is -2.25. The molecule has 0 unspecified atom stereocenters. The van der Waals surface area contributed by atoms with E-state index in [1.165, 1.54) is 7.05 Å². The van der Waals surface area contributed by atoms with Crippen LogP contribution in [0.3, 0.4) is 0 Å². The topological polar surface area (TPSA) is 125 Å². The smallest absolute Gasteiger partial charge is 0.312 e. The molecule has 3 aromatic rings. The van der Waals surface area contributed by atoms with Crippen molar-refractivity contribution < 1.29 is 17.5 Å². The van der Waals surface area contributed by atoms with Gasteiger partial charge < -0.3 is 15.0 Å². The van der Waals surface area contributed by atoms with Crippen LogP contribution in [0.4, 0.5) is 10.2 Å². The minimum absolute atomic E-state index is 0.0446. The normalized spacial score (nSPS) is 13.6. The fourth-order valence-corrected chi connectivity index (χ4v) is 4.62. The summed E-state index contributed by atoms with van der Waals surface area (Å²) in [4.78, 5) is 11.8. The number of aryl methyl sites for hydroxylation is 1. The highest BCUT2D eigenvalue weighted by molar-refractivity contribution is 14.1. The van der Waals surface area contributed by atoms with E-state index in [1.807, 2.05) is 6.07 Å². The molecule has 0 bridgehead atoms. The maximum absolute atomic E-state index is 13.8. The number of nitrogens with two attached hydrogens (primary N) is 1. The quantitative estimate of drug-likeness (QED) is 0.362. The van der Waals surface area contributed by atoms with Crippen molar-refractivity contribution in [3.05, 3.63) is 38.7 Å². The van der Waals surface area contributed by atoms with E-state index >= 15 is 0 Å². The predicted octanol–water partition coefficient (Wildman–Crippen LogP) is 1.23. The largest absolute Gasteiger partial charge is 0.493 e. The molecule has 0 aliphatic carbocycles. The van der Waals surface area contributed by atoms with E-state index in [1.54, 1.807) is 4.57 Å². The average molecular weight is 532 g/mol. The molecular weight excluding hydrogens is 514 g/mol. The van der Waals surface area contributed by atoms with Crippen molar-refractivity contribution >= 4 is 49.6 Å². The van der Waals surface area contributed by atoms with Gasteiger partial charge in [0.05, 0.1) is 12.4 Å². The molecule has 0 spiro atoms. The average Bonchev–Trinajstić information content (AvgIpc) is 3.24. The van der Waals surface area contributed by atoms with Crippen LogP contribution in [-0.4, -0.2) is 47.3 Å². The molecule has 4 rings (SSSR count). The SMILES string of the molecule is CNS(=O)(=O)CCn1c(Cc2cc3c(cc2I)CCO3)nc2c(N)nc(F)nc21. The predicted molar refractivity (Wildman–Crippen MR) is 114 cm³/mol. The zero-order valence-corrected chi connectivity index (χ0v) is 18.4. The monoisotopic (exact) mass is 532 g/mol. The van der Waals surface area contributed by atoms with Crippen molar-refractivity contribution in [2.45, 2.75) is 19.4 Å². The van der Waals surface area contributed by atoms with Crippen molar-refractivity contribution in [2.75, 3.05) is 25.1 Å². The lowest BCUT2D eigenvalue weighted by molar-refractivity contribution is 0.356. The van der Waals surface area contributed by atoms with Gasteiger partial charge in [0.25, 0.3) is 0 Å². The zero-order valence-electron chi connectivity index (χ0n) is 15.4. The van der Waals surface area contributed by atoms with Crippen LogP contribution >= 0.6 is 22.6 Å². The Kier molecular flexibility index (Phi) is 5.33. The van der Waals surface area contributed by atoms with E-state index in [0.29, 0.717) is 18.9 Å². The molecule has 1 aliphatic heterocycles. The molecule has 29 heavy (non-hydrogen) atoms. The molecule has 1 aliphatic rings. The van der Waals surface area contributed by atoms with Gasteiger partial charge >= 0.3 is 6.08 Å². The number of hydrogen-bond donors (Lipinski definition) is 2. The minimum Gasteiger partial charge on any atom is -0.493 e. The fourth-order valence-electron chi connectivity index (χ4n) is 3.27. The Hall–Kier alpha value is -2.06. The summed E-state index contributed by atoms with van der Waals surface area (Å²) < 4.78 is 48.2. The summed E-state index contributed by atoms with van der Waals surface area (Å²) in [6.45, 7) is 0.698. The first-order valence-corrected chi connectivity index (χ1v) is 11.5. The molecule has 2 aromatic heterocycles. The number of nitrogen functional groups attached to an aromatic ring is 1. The summed E-state index contributed by atoms with van der Waals surface area (Å²) in [5, 5.41) is 0. The van der Waals surface area contributed by atoms with E-state index in [2.05, 4.69) is 48.3 Å². The summed E-state index contributed by atoms with van der Waals surface area (Å²) in [7, 11) is -2.14. The van der Waals surface area contributed by atoms with Gasteiger partial charge in [0.2, 0.25) is 10.0 Å². The first kappa shape index (κ1) is 20.2. The Bertz CT molecular complexity index is 1210. The Morgan fingerprint density at radius 2 is 2.14 bits per heavy atom. The maximum Gasteiger partial charge on any atom is 0.312 e. The van der Waals surface area contributed by atoms with Gasteiger partial charge in [-0.05, 0) is 52.9 Å². The lowest BCUT2D eigenvalue weighted by atomic mass is 10.1. The summed E-state index contributed by atoms with van der Waals surface area (Å²) in [5.74, 6) is 1.06. The fraction of sp³-hybridized carbons (Fsp3) is 0.353. The Balaban J connectivity index is 1.79. The second-order valence-corrected chi connectivity index (χ2v) is 9.79. The molecule has 0 saturated heterocycles. The molecular formula is C17H18FIN6O3S. The van der Waals surface area contributed by atoms with Gasteiger partial charge in [-0.25, -0.2) is 18.1 Å². The van der Waals surface area contributed by atoms with E-state index in [9.17, 15) is 12.8 Å². The number of ether oxygens (including phenoxy) is 1. The van der Waals surface area contributed by atoms with Crippen LogP contribution < -0.4 is 15.2 Å². The van der Waals surface area contributed by atoms with Crippen molar-refractivity contribution in [1.82, 2.24) is 24.2 Å². The van der Waals surface area contributed by atoms with Gasteiger partial charge in [-0.15, -0.1) is 0 Å². The first-order valence-electron chi connectivity index (χ1n) is 8.81. The number of rotatable bonds is 6. The third kappa shape index (κ3) is 4.00. The summed E-state index contributed by atoms with van der Waals surface area (Å²) in [5.41, 5.74) is 8.36. The second kappa shape index (κ2) is 7.65. The van der Waals surface area contributed by atoms with Crippen molar-refractivity contribution in [2.24, 2.45) is 0 Å². The number of anilines is 1. The number of nitrogens with one attached hydrogen (secondary N) is 1. The summed E-state index contributed by atoms with van der Waals surface area (Å²) >= 11 is 2.25. The van der Waals surface area contributed by atoms with E-state index < -0.39 is 16.1 Å². The Labute approximate surface area is 180 Å². The number of imidazole rings is 1. The number of benzene rings is 1. The minimum atomic E-state index is -3.48. The standard InChI is InChI=1S/C17H18FIN6O3S/c1-21-29(26,27)5-3-25-13(22-14-15(20)23-17(18)24-16(14)25)8-10-7-12-9(2-4-28-12)6-11(10)19/h6-7,21H,2-5,8H2,1H3,(H2,20,23,24). The van der Waals surface area contributed by atoms with Crippen molar-refractivity contribution in [3.8, 4) is 5.75 Å². The highest BCUT2D eigenvalue weighted by Gasteiger charge is 2.21. The lowest BCUT2D eigenvalue weighted by Gasteiger charge is -2.11. The Morgan fingerprint density at radius 1 is 1.34 bits per heavy atom. The molecule has 0 fully saturated rings. The van der Waals surface area contributed by atoms with Crippen LogP contribution in [0.2, 0.25) is 0 Å². The van der Waals surface area contributed by atoms with E-state index in [0.717, 1.165) is 26.9 Å². The first-order chi connectivity index (χ1) is 13.8. The maximum atomic E-state index is 13.8. The molecule has 0 amide bonds. The van der Waals surface area contributed by atoms with Crippen molar-refractivity contribution in [1.29, 1.82) is 0 Å². The molecule has 3 heterocycles. The van der Waals surface area contributed by atoms with E-state index in [-0.39, 0.29) is 29.3 Å². The van der Waals surface area contributed by atoms with E-state index in [4.69, 9.17) is 10.5 Å². The molecule has 1 aromatic carbocycles. The Morgan fingerprint density at radius 3 is 2.90 bits per heavy atom. The molecule has 0 radical (unpaired) electrons. The summed E-state index contributed by atoms with van der Waals surface area (Å²) in [6.07, 6.45) is 0.267. The number of nitrogens with zero attached hydrogens (tertiary/aromatic N) is 4. The number of hydrogen-bond acceptors (Lipinski definition) is 7. The van der Waals surface area contributed by atoms with Crippen LogP contribution in [0, 0.1) is 9.65 Å². The van der Waals surface area contributed by atoms with Crippen LogP contribution in [0.15, 0.2) is 12.1 Å². The summed E-state index contributed by atoms with van der Waals surface area (Å²) in [6, 6.07) is 4.04. The molecule has 3 N–H and O–H groups in total. The van der Waals surface area contributed by atoms with Gasteiger partial charge in [0, 0.05) is 23.0 Å². The molecule has 154 valence electrons. The number of aromatic nitrogens is 4. The second-order valence-electron chi connectivity index (χ2n) is 6.58. The van der Waals surface area contributed by atoms with Gasteiger partial charge in [0.15, 0.2) is 17.0 Å². The molecule has 12 heteroatoms. The third-order valence-electron chi connectivity index (χ3n) is 4.78. The van der Waals surface area contributed by atoms with Crippen LogP contribution in [0.5, 0.6) is 5.75 Å². The van der Waals surface area contributed by atoms with Crippen LogP contribution in [-0.2, 0) is 29.4 Å². The van der Waals surface area contributed by atoms with Gasteiger partial charge in [-0.3, -0.25) is 0 Å². The molecule has 0 atom stereocenters. The number of fused-ring (bicyclic) bond motifs is 2. The van der Waals surface area contributed by atoms with Crippen LogP contribution in [0.25, 0.3) is 11.2 Å². The van der Waals surface area contributed by atoms with Gasteiger partial charge in [0.1, 0.15) is 11.6 Å². The zero-order chi connectivity index (χ0) is 20.8. The van der Waals surface area contributed by atoms with Gasteiger partial charge in [-0.1, -0.05) is 0 Å². The highest BCUT2D eigenvalue weighted by atomic mass is 127. The molecule has 0 saturated carbocycles. The number of halogens is 2. The highest BCUT2D eigenvalue weighted by Crippen LogP contribution is 2.31.